The molecule has 0 saturated carbocycles. The van der Waals surface area contributed by atoms with Gasteiger partial charge in [-0.15, -0.1) is 0 Å². The van der Waals surface area contributed by atoms with Crippen molar-refractivity contribution in [2.24, 2.45) is 0 Å². The fourth-order valence-electron chi connectivity index (χ4n) is 2.33. The molecule has 6 heteroatoms. The fraction of sp³-hybridized carbons (Fsp3) is 0.600. The van der Waals surface area contributed by atoms with E-state index in [9.17, 15) is 0 Å². The molecule has 1 rings (SSSR count). The molecule has 1 aromatic rings. The first-order valence-corrected chi connectivity index (χ1v) is 12.5. The minimum absolute atomic E-state index is 1.17. The van der Waals surface area contributed by atoms with Crippen LogP contribution in [0, 0.1) is 0 Å². The predicted octanol–water partition coefficient (Wildman–Crippen LogP) is 6.17. The zero-order chi connectivity index (χ0) is 20.1. The van der Waals surface area contributed by atoms with Crippen molar-refractivity contribution in [2.45, 2.75) is 74.8 Å². The maximum Gasteiger partial charge on any atom is 0.394 e. The van der Waals surface area contributed by atoms with E-state index in [1.807, 2.05) is 36.4 Å². The van der Waals surface area contributed by atoms with Crippen molar-refractivity contribution >= 4 is 44.4 Å². The van der Waals surface area contributed by atoms with Gasteiger partial charge in [-0.1, -0.05) is 43.0 Å². The maximum absolute atomic E-state index is 8.74. The second kappa shape index (κ2) is 21.1. The molecule has 146 valence electrons. The van der Waals surface area contributed by atoms with Crippen LogP contribution in [-0.2, 0) is 10.4 Å². The van der Waals surface area contributed by atoms with Gasteiger partial charge in [-0.25, -0.2) is 0 Å². The van der Waals surface area contributed by atoms with E-state index in [2.05, 4.69) is 13.5 Å². The van der Waals surface area contributed by atoms with Crippen molar-refractivity contribution in [3.8, 4) is 0 Å². The molecule has 0 amide bonds. The minimum Gasteiger partial charge on any atom is -0.264 e. The van der Waals surface area contributed by atoms with Gasteiger partial charge in [0.1, 0.15) is 0 Å². The van der Waals surface area contributed by atoms with Crippen molar-refractivity contribution < 1.29 is 17.5 Å². The van der Waals surface area contributed by atoms with Gasteiger partial charge in [-0.3, -0.25) is 9.11 Å². The van der Waals surface area contributed by atoms with Crippen LogP contribution in [0.25, 0.3) is 6.08 Å². The number of hydrogen-bond acceptors (Lipinski definition) is 2. The van der Waals surface area contributed by atoms with Gasteiger partial charge in [0.25, 0.3) is 0 Å². The number of benzene rings is 1. The first-order chi connectivity index (χ1) is 12.3. The van der Waals surface area contributed by atoms with Gasteiger partial charge in [-0.2, -0.15) is 8.42 Å². The quantitative estimate of drug-likeness (QED) is 0.267. The van der Waals surface area contributed by atoms with Crippen molar-refractivity contribution in [3.63, 3.8) is 0 Å². The van der Waals surface area contributed by atoms with Crippen LogP contribution in [0.2, 0.25) is 3.67 Å². The molecular formula is C20H35NaO4S. The normalized spacial score (nSPS) is 10.2. The van der Waals surface area contributed by atoms with Crippen LogP contribution in [0.1, 0.15) is 76.7 Å². The predicted molar refractivity (Wildman–Crippen MR) is 113 cm³/mol. The summed E-state index contributed by atoms with van der Waals surface area (Å²) in [6.45, 7) is 5.92. The van der Waals surface area contributed by atoms with Crippen LogP contribution in [0.4, 0.5) is 0 Å². The van der Waals surface area contributed by atoms with Crippen molar-refractivity contribution in [1.82, 2.24) is 0 Å². The largest absolute Gasteiger partial charge is 0.394 e. The summed E-state index contributed by atoms with van der Waals surface area (Å²) in [6.07, 6.45) is 16.6. The average molecular weight is 395 g/mol. The Morgan fingerprint density at radius 1 is 0.885 bits per heavy atom. The van der Waals surface area contributed by atoms with E-state index in [1.165, 1.54) is 101 Å². The Labute approximate surface area is 178 Å². The van der Waals surface area contributed by atoms with Gasteiger partial charge in [0, 0.05) is 0 Å². The Bertz CT molecular complexity index is 486. The summed E-state index contributed by atoms with van der Waals surface area (Å²) in [4.78, 5) is 0. The molecule has 0 aliphatic carbocycles. The SMILES string of the molecule is C=Cc1ccccc1.CCCCCCCCCCC[CH2][Na].O=S(=O)(O)O. The van der Waals surface area contributed by atoms with Crippen LogP contribution in [0.3, 0.4) is 0 Å². The summed E-state index contributed by atoms with van der Waals surface area (Å²) in [5, 5.41) is 0. The van der Waals surface area contributed by atoms with Crippen molar-refractivity contribution in [2.75, 3.05) is 0 Å². The molecule has 0 atom stereocenters. The molecule has 2 N–H and O–H groups in total. The molecule has 0 heterocycles. The van der Waals surface area contributed by atoms with Crippen LogP contribution in [-0.4, -0.2) is 45.5 Å². The standard InChI is InChI=1S/C12H25.C8H8.Na.H2O4S/c1-3-5-7-9-11-12-10-8-6-4-2;1-2-8-6-4-3-5-7-8;;1-5(2,3)4/h1,3-12H2,2H3;2-7H,1H2;;(H2,1,2,3,4). The molecule has 1 aromatic carbocycles. The minimum atomic E-state index is -4.67. The van der Waals surface area contributed by atoms with Gasteiger partial charge < -0.3 is 0 Å². The van der Waals surface area contributed by atoms with Gasteiger partial charge in [0.15, 0.2) is 0 Å². The molecule has 0 saturated heterocycles. The molecule has 0 radical (unpaired) electrons. The first kappa shape index (κ1) is 28.0. The second-order valence-corrected chi connectivity index (χ2v) is 8.14. The molecular weight excluding hydrogens is 359 g/mol. The summed E-state index contributed by atoms with van der Waals surface area (Å²) in [7, 11) is -4.67. The van der Waals surface area contributed by atoms with Crippen molar-refractivity contribution in [1.29, 1.82) is 0 Å². The summed E-state index contributed by atoms with van der Waals surface area (Å²) < 4.78 is 33.1. The molecule has 0 aliphatic heterocycles. The van der Waals surface area contributed by atoms with Crippen LogP contribution in [0.15, 0.2) is 36.9 Å². The van der Waals surface area contributed by atoms with E-state index < -0.39 is 10.4 Å². The third kappa shape index (κ3) is 31.6. The topological polar surface area (TPSA) is 74.6 Å². The summed E-state index contributed by atoms with van der Waals surface area (Å²) in [6, 6.07) is 10.0. The Morgan fingerprint density at radius 3 is 1.58 bits per heavy atom. The van der Waals surface area contributed by atoms with Gasteiger partial charge in [-0.05, 0) is 5.56 Å². The average Bonchev–Trinajstić information content (AvgIpc) is 2.60. The molecule has 26 heavy (non-hydrogen) atoms. The molecule has 0 fully saturated rings. The Hall–Kier alpha value is -0.170. The van der Waals surface area contributed by atoms with Crippen LogP contribution < -0.4 is 0 Å². The number of rotatable bonds is 11. The zero-order valence-electron chi connectivity index (χ0n) is 16.6. The molecule has 0 aliphatic rings. The zero-order valence-corrected chi connectivity index (χ0v) is 19.4. The monoisotopic (exact) mass is 394 g/mol. The molecule has 0 aromatic heterocycles. The summed E-state index contributed by atoms with van der Waals surface area (Å²) >= 11 is 1.41. The molecule has 0 unspecified atom stereocenters. The number of hydrogen-bond donors (Lipinski definition) is 2. The van der Waals surface area contributed by atoms with E-state index in [1.54, 1.807) is 0 Å². The summed E-state index contributed by atoms with van der Waals surface area (Å²) in [5.74, 6) is 0. The molecule has 0 bridgehead atoms. The fourth-order valence-corrected chi connectivity index (χ4v) is 2.83. The maximum atomic E-state index is 8.74. The van der Waals surface area contributed by atoms with E-state index in [-0.39, 0.29) is 0 Å². The summed E-state index contributed by atoms with van der Waals surface area (Å²) in [5.41, 5.74) is 1.17. The Morgan fingerprint density at radius 2 is 1.27 bits per heavy atom. The van der Waals surface area contributed by atoms with E-state index in [0.717, 1.165) is 0 Å². The molecule has 0 spiro atoms. The van der Waals surface area contributed by atoms with E-state index >= 15 is 0 Å². The van der Waals surface area contributed by atoms with Crippen LogP contribution >= 0.6 is 0 Å². The third-order valence-electron chi connectivity index (χ3n) is 3.74. The van der Waals surface area contributed by atoms with Crippen molar-refractivity contribution in [3.05, 3.63) is 42.5 Å². The van der Waals surface area contributed by atoms with Crippen LogP contribution in [0.5, 0.6) is 0 Å². The Balaban J connectivity index is 0. The molecule has 4 nitrogen and oxygen atoms in total. The number of unbranched alkanes of at least 4 members (excludes halogenated alkanes) is 9. The van der Waals surface area contributed by atoms with Gasteiger partial charge in [0.2, 0.25) is 0 Å². The van der Waals surface area contributed by atoms with E-state index in [0.29, 0.717) is 0 Å². The first-order valence-electron chi connectivity index (χ1n) is 9.72. The van der Waals surface area contributed by atoms with Gasteiger partial charge >= 0.3 is 113 Å². The smallest absolute Gasteiger partial charge is 0.264 e. The third-order valence-corrected chi connectivity index (χ3v) is 4.45. The van der Waals surface area contributed by atoms with Gasteiger partial charge in [0.05, 0.1) is 0 Å². The van der Waals surface area contributed by atoms with E-state index in [4.69, 9.17) is 17.5 Å². The Kier molecular flexibility index (Phi) is 22.8. The second-order valence-electron chi connectivity index (χ2n) is 6.24.